The molecule has 7 fully saturated rings. The van der Waals surface area contributed by atoms with Gasteiger partial charge in [-0.3, -0.25) is 4.79 Å². The molecule has 0 aromatic rings. The maximum Gasteiger partial charge on any atom is 0.221 e. The van der Waals surface area contributed by atoms with Crippen LogP contribution in [0.1, 0.15) is 98.3 Å². The second-order valence-corrected chi connectivity index (χ2v) is 16.6. The summed E-state index contributed by atoms with van der Waals surface area (Å²) in [7, 11) is 2.19. The summed E-state index contributed by atoms with van der Waals surface area (Å²) in [4.78, 5) is 17.8. The van der Waals surface area contributed by atoms with Crippen molar-refractivity contribution in [2.24, 2.45) is 52.3 Å². The summed E-state index contributed by atoms with van der Waals surface area (Å²) < 4.78 is 13.5. The number of likely N-dealkylation sites (N-methyl/N-ethyl adjacent to an activating group) is 1. The molecule has 1 spiro atoms. The average molecular weight is 570 g/mol. The van der Waals surface area contributed by atoms with Crippen LogP contribution in [0.25, 0.3) is 0 Å². The van der Waals surface area contributed by atoms with Crippen LogP contribution < -0.4 is 5.32 Å². The van der Waals surface area contributed by atoms with Crippen molar-refractivity contribution in [1.29, 1.82) is 0 Å². The molecule has 0 unspecified atom stereocenters. The van der Waals surface area contributed by atoms with Crippen LogP contribution in [0.4, 0.5) is 0 Å². The minimum atomic E-state index is -0.302. The Kier molecular flexibility index (Phi) is 7.60. The molecule has 1 amide bonds. The third-order valence-electron chi connectivity index (χ3n) is 14.5. The van der Waals surface area contributed by atoms with Gasteiger partial charge in [-0.25, -0.2) is 0 Å². The number of carbonyl (C=O) groups excluding carboxylic acids is 1. The Morgan fingerprint density at radius 1 is 0.902 bits per heavy atom. The lowest BCUT2D eigenvalue weighted by atomic mass is 9.44. The molecule has 0 bridgehead atoms. The molecule has 41 heavy (non-hydrogen) atoms. The predicted molar refractivity (Wildman–Crippen MR) is 162 cm³/mol. The fourth-order valence-electron chi connectivity index (χ4n) is 12.0. The minimum Gasteiger partial charge on any atom is -0.353 e. The lowest BCUT2D eigenvalue weighted by Gasteiger charge is -2.61. The van der Waals surface area contributed by atoms with Gasteiger partial charge in [-0.2, -0.15) is 0 Å². The molecule has 6 heteroatoms. The number of rotatable bonds is 4. The van der Waals surface area contributed by atoms with Crippen molar-refractivity contribution in [2.45, 2.75) is 116 Å². The van der Waals surface area contributed by atoms with E-state index in [0.717, 1.165) is 69.4 Å². The first-order valence-corrected chi connectivity index (χ1v) is 17.6. The van der Waals surface area contributed by atoms with E-state index in [2.05, 4.69) is 49.9 Å². The molecule has 1 N–H and O–H groups in total. The van der Waals surface area contributed by atoms with Gasteiger partial charge < -0.3 is 24.6 Å². The second-order valence-electron chi connectivity index (χ2n) is 16.6. The van der Waals surface area contributed by atoms with Crippen LogP contribution in [0.5, 0.6) is 0 Å². The third kappa shape index (κ3) is 4.84. The summed E-state index contributed by atoms with van der Waals surface area (Å²) in [6.45, 7) is 16.3. The highest BCUT2D eigenvalue weighted by Crippen LogP contribution is 2.71. The topological polar surface area (TPSA) is 54.0 Å². The number of ether oxygens (including phenoxy) is 2. The molecule has 0 radical (unpaired) electrons. The zero-order valence-corrected chi connectivity index (χ0v) is 26.8. The van der Waals surface area contributed by atoms with Gasteiger partial charge in [0.25, 0.3) is 0 Å². The molecule has 0 aromatic heterocycles. The smallest absolute Gasteiger partial charge is 0.221 e. The largest absolute Gasteiger partial charge is 0.353 e. The van der Waals surface area contributed by atoms with Crippen LogP contribution in [-0.4, -0.2) is 80.0 Å². The standard InChI is InChI=1S/C35H59N3O3/c1-23-8-14-35(40-22-23)24(2)32-30(41-35)21-29-27-7-6-25-20-26(9-12-33(25,3)28(27)10-13-34(29,32)4)36-31(39)11-15-38-18-16-37(5)17-19-38/h23-30,32H,6-22H2,1-5H3,(H,36,39)/t23-,24-,25+,26-,27+,28-,29-,30-,32-,33-,34-,35+/m0/s1. The first kappa shape index (κ1) is 29.0. The van der Waals surface area contributed by atoms with E-state index in [9.17, 15) is 4.79 Å². The molecule has 3 saturated heterocycles. The Labute approximate surface area is 250 Å². The molecule has 12 atom stereocenters. The SMILES string of the molecule is C[C@H]1CC[C@@]2(OC1)O[C@H]1C[C@H]3[C@@H]4CC[C@@H]5C[C@@H](NC(=O)CCN6CCN(C)CC6)CC[C@]5(C)[C@H]4CC[C@]3(C)[C@H]1[C@@H]2C. The van der Waals surface area contributed by atoms with E-state index in [0.29, 0.717) is 47.2 Å². The van der Waals surface area contributed by atoms with Crippen molar-refractivity contribution < 1.29 is 14.3 Å². The Hall–Kier alpha value is -0.690. The van der Waals surface area contributed by atoms with Crippen LogP contribution in [-0.2, 0) is 14.3 Å². The summed E-state index contributed by atoms with van der Waals surface area (Å²) in [5.74, 6) is 5.09. The number of hydrogen-bond acceptors (Lipinski definition) is 5. The molecule has 6 nitrogen and oxygen atoms in total. The van der Waals surface area contributed by atoms with Gasteiger partial charge in [0.05, 0.1) is 12.7 Å². The predicted octanol–water partition coefficient (Wildman–Crippen LogP) is 5.56. The first-order chi connectivity index (χ1) is 19.6. The van der Waals surface area contributed by atoms with Crippen LogP contribution in [0.3, 0.4) is 0 Å². The van der Waals surface area contributed by atoms with Crippen LogP contribution >= 0.6 is 0 Å². The summed E-state index contributed by atoms with van der Waals surface area (Å²) in [6.07, 6.45) is 13.8. The van der Waals surface area contributed by atoms with Crippen molar-refractivity contribution in [3.8, 4) is 0 Å². The van der Waals surface area contributed by atoms with Gasteiger partial charge in [0.2, 0.25) is 5.91 Å². The average Bonchev–Trinajstić information content (AvgIpc) is 3.40. The fraction of sp³-hybridized carbons (Fsp3) is 0.971. The van der Waals surface area contributed by atoms with Crippen molar-refractivity contribution >= 4 is 5.91 Å². The molecule has 7 rings (SSSR count). The number of piperazine rings is 1. The van der Waals surface area contributed by atoms with Crippen LogP contribution in [0.15, 0.2) is 0 Å². The minimum absolute atomic E-state index is 0.278. The number of nitrogens with one attached hydrogen (secondary N) is 1. The van der Waals surface area contributed by atoms with Gasteiger partial charge in [-0.05, 0) is 111 Å². The number of hydrogen-bond donors (Lipinski definition) is 1. The second kappa shape index (κ2) is 10.7. The van der Waals surface area contributed by atoms with Crippen LogP contribution in [0.2, 0.25) is 0 Å². The van der Waals surface area contributed by atoms with Gasteiger partial charge in [0.1, 0.15) is 0 Å². The molecule has 3 heterocycles. The van der Waals surface area contributed by atoms with Gasteiger partial charge in [-0.15, -0.1) is 0 Å². The lowest BCUT2D eigenvalue weighted by molar-refractivity contribution is -0.273. The number of carbonyl (C=O) groups is 1. The van der Waals surface area contributed by atoms with E-state index in [1.54, 1.807) is 0 Å². The molecule has 4 saturated carbocycles. The molecular weight excluding hydrogens is 510 g/mol. The maximum absolute atomic E-state index is 12.9. The zero-order chi connectivity index (χ0) is 28.6. The van der Waals surface area contributed by atoms with E-state index >= 15 is 0 Å². The molecule has 7 aliphatic rings. The van der Waals surface area contributed by atoms with Crippen LogP contribution in [0, 0.1) is 52.3 Å². The highest BCUT2D eigenvalue weighted by atomic mass is 16.7. The molecule has 4 aliphatic carbocycles. The van der Waals surface area contributed by atoms with E-state index in [1.165, 1.54) is 57.8 Å². The first-order valence-electron chi connectivity index (χ1n) is 17.6. The summed E-state index contributed by atoms with van der Waals surface area (Å²) >= 11 is 0. The molecular formula is C35H59N3O3. The molecule has 3 aliphatic heterocycles. The van der Waals surface area contributed by atoms with Crippen molar-refractivity contribution in [2.75, 3.05) is 46.4 Å². The monoisotopic (exact) mass is 569 g/mol. The summed E-state index contributed by atoms with van der Waals surface area (Å²) in [5, 5.41) is 3.49. The van der Waals surface area contributed by atoms with Gasteiger partial charge in [-0.1, -0.05) is 27.7 Å². The number of nitrogens with zero attached hydrogens (tertiary/aromatic N) is 2. The quantitative estimate of drug-likeness (QED) is 0.481. The van der Waals surface area contributed by atoms with E-state index in [-0.39, 0.29) is 11.7 Å². The number of fused-ring (bicyclic) bond motifs is 7. The van der Waals surface area contributed by atoms with Gasteiger partial charge in [0.15, 0.2) is 5.79 Å². The number of amides is 1. The zero-order valence-electron chi connectivity index (χ0n) is 26.8. The normalized spacial score (nSPS) is 52.0. The molecule has 232 valence electrons. The summed E-state index contributed by atoms with van der Waals surface area (Å²) in [5.41, 5.74) is 0.846. The van der Waals surface area contributed by atoms with E-state index in [4.69, 9.17) is 9.47 Å². The van der Waals surface area contributed by atoms with Crippen molar-refractivity contribution in [1.82, 2.24) is 15.1 Å². The Balaban J connectivity index is 0.964. The fourth-order valence-corrected chi connectivity index (χ4v) is 12.0. The third-order valence-corrected chi connectivity index (χ3v) is 14.5. The molecule has 0 aromatic carbocycles. The Morgan fingerprint density at radius 2 is 1.68 bits per heavy atom. The van der Waals surface area contributed by atoms with Gasteiger partial charge in [0, 0.05) is 57.5 Å². The lowest BCUT2D eigenvalue weighted by Crippen LogP contribution is -2.56. The maximum atomic E-state index is 12.9. The van der Waals surface area contributed by atoms with Gasteiger partial charge >= 0.3 is 0 Å². The Bertz CT molecular complexity index is 974. The highest BCUT2D eigenvalue weighted by molar-refractivity contribution is 5.76. The highest BCUT2D eigenvalue weighted by Gasteiger charge is 2.69. The Morgan fingerprint density at radius 3 is 2.44 bits per heavy atom. The summed E-state index contributed by atoms with van der Waals surface area (Å²) in [6, 6.07) is 0.382. The van der Waals surface area contributed by atoms with Crippen molar-refractivity contribution in [3.05, 3.63) is 0 Å². The van der Waals surface area contributed by atoms with E-state index < -0.39 is 0 Å². The van der Waals surface area contributed by atoms with Crippen molar-refractivity contribution in [3.63, 3.8) is 0 Å². The van der Waals surface area contributed by atoms with E-state index in [1.807, 2.05) is 0 Å².